The van der Waals surface area contributed by atoms with E-state index < -0.39 is 5.97 Å². The van der Waals surface area contributed by atoms with E-state index in [9.17, 15) is 4.79 Å². The molecule has 6 heteroatoms. The number of ether oxygens (including phenoxy) is 1. The zero-order valence-corrected chi connectivity index (χ0v) is 9.26. The molecule has 1 heterocycles. The van der Waals surface area contributed by atoms with Crippen LogP contribution in [0.4, 0.5) is 0 Å². The van der Waals surface area contributed by atoms with Crippen molar-refractivity contribution >= 4 is 17.6 Å². The molecule has 1 aromatic carbocycles. The van der Waals surface area contributed by atoms with Crippen molar-refractivity contribution in [3.05, 3.63) is 47.1 Å². The molecule has 0 aliphatic heterocycles. The fourth-order valence-electron chi connectivity index (χ4n) is 1.14. The quantitative estimate of drug-likeness (QED) is 0.907. The van der Waals surface area contributed by atoms with Crippen molar-refractivity contribution in [3.63, 3.8) is 0 Å². The Morgan fingerprint density at radius 1 is 1.24 bits per heavy atom. The lowest BCUT2D eigenvalue weighted by molar-refractivity contribution is 0.0689. The molecule has 0 saturated carbocycles. The van der Waals surface area contributed by atoms with Crippen LogP contribution >= 0.6 is 11.6 Å². The highest BCUT2D eigenvalue weighted by atomic mass is 35.5. The van der Waals surface area contributed by atoms with Gasteiger partial charge in [-0.3, -0.25) is 0 Å². The normalized spacial score (nSPS) is 9.94. The average Bonchev–Trinajstić information content (AvgIpc) is 2.29. The molecular formula is C11H7ClN2O3. The van der Waals surface area contributed by atoms with Gasteiger partial charge in [-0.1, -0.05) is 17.7 Å². The maximum atomic E-state index is 10.6. The molecule has 0 saturated heterocycles. The van der Waals surface area contributed by atoms with Crippen molar-refractivity contribution in [3.8, 4) is 11.6 Å². The van der Waals surface area contributed by atoms with Crippen molar-refractivity contribution in [1.29, 1.82) is 0 Å². The van der Waals surface area contributed by atoms with E-state index in [1.165, 1.54) is 12.1 Å². The van der Waals surface area contributed by atoms with Gasteiger partial charge in [-0.25, -0.2) is 4.79 Å². The third kappa shape index (κ3) is 2.92. The number of hydrogen-bond donors (Lipinski definition) is 1. The predicted octanol–water partition coefficient (Wildman–Crippen LogP) is 2.62. The standard InChI is InChI=1S/C11H7ClN2O3/c12-7-2-1-3-8(6-7)17-10-5-4-9(11(15)16)13-14-10/h1-6H,(H,15,16). The fourth-order valence-corrected chi connectivity index (χ4v) is 1.32. The smallest absolute Gasteiger partial charge is 0.356 e. The van der Waals surface area contributed by atoms with Crippen molar-refractivity contribution in [1.82, 2.24) is 10.2 Å². The number of carbonyl (C=O) groups is 1. The van der Waals surface area contributed by atoms with Crippen molar-refractivity contribution in [2.45, 2.75) is 0 Å². The van der Waals surface area contributed by atoms with E-state index in [0.717, 1.165) is 0 Å². The summed E-state index contributed by atoms with van der Waals surface area (Å²) in [5, 5.41) is 16.3. The maximum Gasteiger partial charge on any atom is 0.356 e. The van der Waals surface area contributed by atoms with Gasteiger partial charge in [0.2, 0.25) is 5.88 Å². The molecule has 0 unspecified atom stereocenters. The van der Waals surface area contributed by atoms with E-state index in [0.29, 0.717) is 10.8 Å². The molecule has 0 aliphatic carbocycles. The molecule has 1 aromatic heterocycles. The first kappa shape index (κ1) is 11.3. The summed E-state index contributed by atoms with van der Waals surface area (Å²) in [7, 11) is 0. The highest BCUT2D eigenvalue weighted by Crippen LogP contribution is 2.22. The minimum atomic E-state index is -1.13. The van der Waals surface area contributed by atoms with Gasteiger partial charge >= 0.3 is 5.97 Å². The summed E-state index contributed by atoms with van der Waals surface area (Å²) in [6, 6.07) is 9.52. The van der Waals surface area contributed by atoms with E-state index in [1.807, 2.05) is 0 Å². The van der Waals surface area contributed by atoms with E-state index in [2.05, 4.69) is 10.2 Å². The van der Waals surface area contributed by atoms with Gasteiger partial charge in [-0.05, 0) is 24.3 Å². The second-order valence-corrected chi connectivity index (χ2v) is 3.56. The number of aromatic carboxylic acids is 1. The summed E-state index contributed by atoms with van der Waals surface area (Å²) in [5.74, 6) is -0.418. The van der Waals surface area contributed by atoms with Gasteiger partial charge in [0, 0.05) is 11.1 Å². The Bertz CT molecular complexity index is 543. The molecule has 2 aromatic rings. The highest BCUT2D eigenvalue weighted by Gasteiger charge is 2.06. The summed E-state index contributed by atoms with van der Waals surface area (Å²) < 4.78 is 5.34. The third-order valence-electron chi connectivity index (χ3n) is 1.88. The first-order valence-corrected chi connectivity index (χ1v) is 5.03. The summed E-state index contributed by atoms with van der Waals surface area (Å²) in [6.07, 6.45) is 0. The molecule has 0 bridgehead atoms. The van der Waals surface area contributed by atoms with Crippen molar-refractivity contribution in [2.24, 2.45) is 0 Å². The van der Waals surface area contributed by atoms with E-state index in [1.54, 1.807) is 24.3 Å². The van der Waals surface area contributed by atoms with Gasteiger partial charge in [0.15, 0.2) is 5.69 Å². The van der Waals surface area contributed by atoms with Gasteiger partial charge in [-0.15, -0.1) is 10.2 Å². The van der Waals surface area contributed by atoms with Crippen LogP contribution in [0.15, 0.2) is 36.4 Å². The second-order valence-electron chi connectivity index (χ2n) is 3.12. The molecule has 0 spiro atoms. The van der Waals surface area contributed by atoms with Gasteiger partial charge < -0.3 is 9.84 Å². The van der Waals surface area contributed by atoms with Gasteiger partial charge in [-0.2, -0.15) is 0 Å². The summed E-state index contributed by atoms with van der Waals surface area (Å²) in [4.78, 5) is 10.6. The first-order valence-electron chi connectivity index (χ1n) is 4.65. The minimum absolute atomic E-state index is 0.136. The summed E-state index contributed by atoms with van der Waals surface area (Å²) >= 11 is 5.78. The van der Waals surface area contributed by atoms with Crippen LogP contribution in [0, 0.1) is 0 Å². The first-order chi connectivity index (χ1) is 8.15. The van der Waals surface area contributed by atoms with Gasteiger partial charge in [0.05, 0.1) is 0 Å². The zero-order valence-electron chi connectivity index (χ0n) is 8.50. The summed E-state index contributed by atoms with van der Waals surface area (Å²) in [5.41, 5.74) is -0.136. The number of halogens is 1. The second kappa shape index (κ2) is 4.80. The molecular weight excluding hydrogens is 244 g/mol. The molecule has 1 N–H and O–H groups in total. The SMILES string of the molecule is O=C(O)c1ccc(Oc2cccc(Cl)c2)nn1. The number of carboxylic acid groups (broad SMARTS) is 1. The highest BCUT2D eigenvalue weighted by molar-refractivity contribution is 6.30. The minimum Gasteiger partial charge on any atom is -0.476 e. The van der Waals surface area contributed by atoms with Crippen LogP contribution in [0.2, 0.25) is 5.02 Å². The van der Waals surface area contributed by atoms with Crippen LogP contribution in [-0.2, 0) is 0 Å². The van der Waals surface area contributed by atoms with Crippen molar-refractivity contribution < 1.29 is 14.6 Å². The van der Waals surface area contributed by atoms with Crippen LogP contribution < -0.4 is 4.74 Å². The Morgan fingerprint density at radius 2 is 2.06 bits per heavy atom. The number of carboxylic acids is 1. The molecule has 86 valence electrons. The zero-order chi connectivity index (χ0) is 12.3. The molecule has 2 rings (SSSR count). The lowest BCUT2D eigenvalue weighted by Crippen LogP contribution is -2.02. The number of aromatic nitrogens is 2. The lowest BCUT2D eigenvalue weighted by Gasteiger charge is -2.03. The molecule has 5 nitrogen and oxygen atoms in total. The van der Waals surface area contributed by atoms with Crippen LogP contribution in [0.3, 0.4) is 0 Å². The van der Waals surface area contributed by atoms with Crippen LogP contribution in [0.25, 0.3) is 0 Å². The molecule has 17 heavy (non-hydrogen) atoms. The fraction of sp³-hybridized carbons (Fsp3) is 0. The predicted molar refractivity (Wildman–Crippen MR) is 60.5 cm³/mol. The molecule has 0 atom stereocenters. The third-order valence-corrected chi connectivity index (χ3v) is 2.11. The number of benzene rings is 1. The number of hydrogen-bond acceptors (Lipinski definition) is 4. The topological polar surface area (TPSA) is 72.3 Å². The molecule has 0 fully saturated rings. The van der Waals surface area contributed by atoms with Crippen molar-refractivity contribution in [2.75, 3.05) is 0 Å². The average molecular weight is 251 g/mol. The van der Waals surface area contributed by atoms with E-state index in [4.69, 9.17) is 21.4 Å². The van der Waals surface area contributed by atoms with Gasteiger partial charge in [0.1, 0.15) is 5.75 Å². The summed E-state index contributed by atoms with van der Waals surface area (Å²) in [6.45, 7) is 0. The monoisotopic (exact) mass is 250 g/mol. The van der Waals surface area contributed by atoms with E-state index in [-0.39, 0.29) is 11.6 Å². The lowest BCUT2D eigenvalue weighted by atomic mass is 10.3. The number of nitrogens with zero attached hydrogens (tertiary/aromatic N) is 2. The Morgan fingerprint density at radius 3 is 2.65 bits per heavy atom. The molecule has 0 radical (unpaired) electrons. The largest absolute Gasteiger partial charge is 0.476 e. The van der Waals surface area contributed by atoms with E-state index >= 15 is 0 Å². The number of rotatable bonds is 3. The van der Waals surface area contributed by atoms with Crippen LogP contribution in [0.1, 0.15) is 10.5 Å². The van der Waals surface area contributed by atoms with Crippen LogP contribution in [-0.4, -0.2) is 21.3 Å². The van der Waals surface area contributed by atoms with Gasteiger partial charge in [0.25, 0.3) is 0 Å². The Labute approximate surface area is 102 Å². The Kier molecular flexibility index (Phi) is 3.20. The molecule has 0 aliphatic rings. The Balaban J connectivity index is 2.16. The molecule has 0 amide bonds. The maximum absolute atomic E-state index is 10.6. The Hall–Kier alpha value is -2.14. The van der Waals surface area contributed by atoms with Crippen LogP contribution in [0.5, 0.6) is 11.6 Å².